The molecule has 2 N–H and O–H groups in total. The predicted octanol–water partition coefficient (Wildman–Crippen LogP) is 3.64. The summed E-state index contributed by atoms with van der Waals surface area (Å²) in [6.07, 6.45) is 1.76. The Morgan fingerprint density at radius 3 is 3.00 bits per heavy atom. The van der Waals surface area contributed by atoms with Crippen molar-refractivity contribution in [3.05, 3.63) is 34.2 Å². The molecular formula is C9H7BrN2S2. The highest BCUT2D eigenvalue weighted by molar-refractivity contribution is 9.10. The van der Waals surface area contributed by atoms with Crippen molar-refractivity contribution in [2.24, 2.45) is 0 Å². The zero-order chi connectivity index (χ0) is 9.97. The number of hydrogen-bond acceptors (Lipinski definition) is 4. The molecule has 0 radical (unpaired) electrons. The number of rotatable bonds is 2. The number of aromatic nitrogens is 1. The van der Waals surface area contributed by atoms with E-state index in [0.29, 0.717) is 5.69 Å². The Bertz CT molecular complexity index is 428. The van der Waals surface area contributed by atoms with Crippen molar-refractivity contribution in [1.29, 1.82) is 0 Å². The number of thiophene rings is 1. The van der Waals surface area contributed by atoms with Crippen LogP contribution in [-0.4, -0.2) is 4.98 Å². The first-order valence-electron chi connectivity index (χ1n) is 3.88. The third-order valence-electron chi connectivity index (χ3n) is 1.54. The summed E-state index contributed by atoms with van der Waals surface area (Å²) in [6, 6.07) is 5.93. The van der Waals surface area contributed by atoms with Gasteiger partial charge in [-0.25, -0.2) is 4.98 Å². The molecular weight excluding hydrogens is 280 g/mol. The van der Waals surface area contributed by atoms with Gasteiger partial charge in [-0.05, 0) is 33.4 Å². The fourth-order valence-electron chi connectivity index (χ4n) is 0.945. The average Bonchev–Trinajstić information content (AvgIpc) is 2.62. The van der Waals surface area contributed by atoms with Crippen molar-refractivity contribution in [2.75, 3.05) is 5.73 Å². The third-order valence-corrected chi connectivity index (χ3v) is 4.04. The highest BCUT2D eigenvalue weighted by atomic mass is 79.9. The normalized spacial score (nSPS) is 10.4. The SMILES string of the molecule is Nc1cc(Br)cnc1Sc1cccs1. The van der Waals surface area contributed by atoms with Crippen LogP contribution in [-0.2, 0) is 0 Å². The van der Waals surface area contributed by atoms with E-state index in [-0.39, 0.29) is 0 Å². The van der Waals surface area contributed by atoms with Gasteiger partial charge in [0.2, 0.25) is 0 Å². The Balaban J connectivity index is 2.25. The lowest BCUT2D eigenvalue weighted by Gasteiger charge is -2.02. The summed E-state index contributed by atoms with van der Waals surface area (Å²) in [5, 5.41) is 2.90. The van der Waals surface area contributed by atoms with Crippen LogP contribution < -0.4 is 5.73 Å². The lowest BCUT2D eigenvalue weighted by atomic mass is 10.4. The van der Waals surface area contributed by atoms with Gasteiger partial charge in [0.25, 0.3) is 0 Å². The number of nitrogens with two attached hydrogens (primary N) is 1. The van der Waals surface area contributed by atoms with E-state index < -0.39 is 0 Å². The molecule has 0 unspecified atom stereocenters. The van der Waals surface area contributed by atoms with Crippen molar-refractivity contribution in [3.63, 3.8) is 0 Å². The molecule has 0 spiro atoms. The molecule has 0 aromatic carbocycles. The highest BCUT2D eigenvalue weighted by Crippen LogP contribution is 2.33. The minimum Gasteiger partial charge on any atom is -0.397 e. The summed E-state index contributed by atoms with van der Waals surface area (Å²) in [7, 11) is 0. The standard InChI is InChI=1S/C9H7BrN2S2/c10-6-4-7(11)9(12-5-6)14-8-2-1-3-13-8/h1-5H,11H2. The molecule has 0 amide bonds. The fourth-order valence-corrected chi connectivity index (χ4v) is 2.96. The molecule has 2 aromatic heterocycles. The zero-order valence-corrected chi connectivity index (χ0v) is 10.3. The quantitative estimate of drug-likeness (QED) is 0.916. The maximum absolute atomic E-state index is 5.83. The molecule has 2 heterocycles. The lowest BCUT2D eigenvalue weighted by molar-refractivity contribution is 1.13. The third kappa shape index (κ3) is 2.29. The number of nitrogen functional groups attached to an aromatic ring is 1. The van der Waals surface area contributed by atoms with Gasteiger partial charge < -0.3 is 5.73 Å². The number of halogens is 1. The summed E-state index contributed by atoms with van der Waals surface area (Å²) in [5.41, 5.74) is 6.54. The van der Waals surface area contributed by atoms with E-state index in [4.69, 9.17) is 5.73 Å². The predicted molar refractivity (Wildman–Crippen MR) is 64.8 cm³/mol. The second-order valence-corrected chi connectivity index (χ2v) is 5.73. The van der Waals surface area contributed by atoms with Crippen molar-refractivity contribution in [2.45, 2.75) is 9.24 Å². The highest BCUT2D eigenvalue weighted by Gasteiger charge is 2.04. The van der Waals surface area contributed by atoms with Gasteiger partial charge in [0.15, 0.2) is 0 Å². The van der Waals surface area contributed by atoms with Gasteiger partial charge >= 0.3 is 0 Å². The first-order valence-corrected chi connectivity index (χ1v) is 6.37. The maximum atomic E-state index is 5.83. The average molecular weight is 287 g/mol. The Morgan fingerprint density at radius 2 is 2.36 bits per heavy atom. The summed E-state index contributed by atoms with van der Waals surface area (Å²) < 4.78 is 2.11. The van der Waals surface area contributed by atoms with Crippen molar-refractivity contribution < 1.29 is 0 Å². The first kappa shape index (κ1) is 10.0. The van der Waals surface area contributed by atoms with Gasteiger partial charge in [-0.1, -0.05) is 17.8 Å². The second kappa shape index (κ2) is 4.33. The molecule has 2 rings (SSSR count). The molecule has 0 aliphatic heterocycles. The van der Waals surface area contributed by atoms with Gasteiger partial charge in [0.1, 0.15) is 5.03 Å². The van der Waals surface area contributed by atoms with Gasteiger partial charge in [0.05, 0.1) is 9.90 Å². The molecule has 0 saturated carbocycles. The molecule has 0 aliphatic rings. The maximum Gasteiger partial charge on any atom is 0.125 e. The van der Waals surface area contributed by atoms with Gasteiger partial charge in [-0.3, -0.25) is 0 Å². The van der Waals surface area contributed by atoms with Gasteiger partial charge in [-0.2, -0.15) is 0 Å². The Kier molecular flexibility index (Phi) is 3.10. The van der Waals surface area contributed by atoms with Crippen LogP contribution in [0.2, 0.25) is 0 Å². The minimum absolute atomic E-state index is 0.706. The summed E-state index contributed by atoms with van der Waals surface area (Å²) >= 11 is 6.60. The Labute approximate surface area is 98.7 Å². The summed E-state index contributed by atoms with van der Waals surface area (Å²) in [4.78, 5) is 4.25. The van der Waals surface area contributed by atoms with E-state index in [9.17, 15) is 0 Å². The molecule has 0 atom stereocenters. The van der Waals surface area contributed by atoms with E-state index in [1.807, 2.05) is 17.5 Å². The molecule has 14 heavy (non-hydrogen) atoms. The molecule has 0 aliphatic carbocycles. The van der Waals surface area contributed by atoms with Crippen LogP contribution in [0.5, 0.6) is 0 Å². The fraction of sp³-hybridized carbons (Fsp3) is 0. The smallest absolute Gasteiger partial charge is 0.125 e. The van der Waals surface area contributed by atoms with Crippen LogP contribution in [0.15, 0.2) is 43.5 Å². The largest absolute Gasteiger partial charge is 0.397 e. The summed E-state index contributed by atoms with van der Waals surface area (Å²) in [5.74, 6) is 0. The lowest BCUT2D eigenvalue weighted by Crippen LogP contribution is -1.90. The second-order valence-electron chi connectivity index (χ2n) is 2.58. The molecule has 2 nitrogen and oxygen atoms in total. The van der Waals surface area contributed by atoms with Gasteiger partial charge in [0, 0.05) is 10.7 Å². The van der Waals surface area contributed by atoms with Crippen molar-refractivity contribution in [3.8, 4) is 0 Å². The zero-order valence-electron chi connectivity index (χ0n) is 7.11. The van der Waals surface area contributed by atoms with E-state index in [1.165, 1.54) is 4.21 Å². The molecule has 5 heteroatoms. The first-order chi connectivity index (χ1) is 6.75. The van der Waals surface area contributed by atoms with Crippen molar-refractivity contribution >= 4 is 44.7 Å². The van der Waals surface area contributed by atoms with Crippen LogP contribution in [0, 0.1) is 0 Å². The number of pyridine rings is 1. The van der Waals surface area contributed by atoms with Crippen LogP contribution in [0.4, 0.5) is 5.69 Å². The topological polar surface area (TPSA) is 38.9 Å². The number of anilines is 1. The number of hydrogen-bond donors (Lipinski definition) is 1. The van der Waals surface area contributed by atoms with Crippen LogP contribution in [0.25, 0.3) is 0 Å². The monoisotopic (exact) mass is 286 g/mol. The summed E-state index contributed by atoms with van der Waals surface area (Å²) in [6.45, 7) is 0. The minimum atomic E-state index is 0.706. The molecule has 72 valence electrons. The molecule has 0 saturated heterocycles. The Hall–Kier alpha value is -0.520. The van der Waals surface area contributed by atoms with E-state index in [1.54, 1.807) is 29.3 Å². The van der Waals surface area contributed by atoms with Crippen LogP contribution >= 0.6 is 39.0 Å². The molecule has 0 bridgehead atoms. The van der Waals surface area contributed by atoms with E-state index in [2.05, 4.69) is 27.0 Å². The van der Waals surface area contributed by atoms with Crippen LogP contribution in [0.1, 0.15) is 0 Å². The number of nitrogens with zero attached hydrogens (tertiary/aromatic N) is 1. The Morgan fingerprint density at radius 1 is 1.50 bits per heavy atom. The van der Waals surface area contributed by atoms with E-state index >= 15 is 0 Å². The molecule has 2 aromatic rings. The van der Waals surface area contributed by atoms with Crippen molar-refractivity contribution in [1.82, 2.24) is 4.98 Å². The van der Waals surface area contributed by atoms with E-state index in [0.717, 1.165) is 9.50 Å². The van der Waals surface area contributed by atoms with Gasteiger partial charge in [-0.15, -0.1) is 11.3 Å². The van der Waals surface area contributed by atoms with Crippen LogP contribution in [0.3, 0.4) is 0 Å². The molecule has 0 fully saturated rings.